The summed E-state index contributed by atoms with van der Waals surface area (Å²) in [7, 11) is 0. The van der Waals surface area contributed by atoms with Crippen LogP contribution in [0, 0.1) is 5.82 Å². The molecule has 0 aliphatic carbocycles. The first-order chi connectivity index (χ1) is 7.59. The Labute approximate surface area is 109 Å². The summed E-state index contributed by atoms with van der Waals surface area (Å²) in [4.78, 5) is 12.3. The average molecular weight is 320 g/mol. The number of hydrogen-bond donors (Lipinski definition) is 0. The Balaban J connectivity index is 2.49. The Hall–Kier alpha value is -0.710. The zero-order valence-electron chi connectivity index (χ0n) is 7.84. The molecule has 0 N–H and O–H groups in total. The fourth-order valence-electron chi connectivity index (χ4n) is 1.25. The lowest BCUT2D eigenvalue weighted by Crippen LogP contribution is -2.02. The van der Waals surface area contributed by atoms with E-state index in [0.29, 0.717) is 14.4 Å². The molecular weight excluding hydrogens is 315 g/mol. The van der Waals surface area contributed by atoms with Gasteiger partial charge in [0, 0.05) is 4.47 Å². The van der Waals surface area contributed by atoms with Crippen LogP contribution in [-0.2, 0) is 0 Å². The predicted octanol–water partition coefficient (Wildman–Crippen LogP) is 4.53. The minimum atomic E-state index is -0.544. The van der Waals surface area contributed by atoms with Crippen LogP contribution in [-0.4, -0.2) is 5.78 Å². The van der Waals surface area contributed by atoms with Gasteiger partial charge in [-0.15, -0.1) is 11.3 Å². The summed E-state index contributed by atoms with van der Waals surface area (Å²) < 4.78 is 14.1. The molecule has 0 spiro atoms. The van der Waals surface area contributed by atoms with E-state index in [1.807, 2.05) is 0 Å². The van der Waals surface area contributed by atoms with Crippen LogP contribution in [0.3, 0.4) is 0 Å². The van der Waals surface area contributed by atoms with Crippen LogP contribution >= 0.6 is 38.9 Å². The van der Waals surface area contributed by atoms with Gasteiger partial charge in [-0.1, -0.05) is 27.5 Å². The van der Waals surface area contributed by atoms with E-state index in [-0.39, 0.29) is 11.3 Å². The van der Waals surface area contributed by atoms with Crippen LogP contribution in [0.5, 0.6) is 0 Å². The molecule has 82 valence electrons. The van der Waals surface area contributed by atoms with Gasteiger partial charge in [0.25, 0.3) is 0 Å². The summed E-state index contributed by atoms with van der Waals surface area (Å²) in [5, 5.41) is 2.06. The molecule has 0 bridgehead atoms. The maximum absolute atomic E-state index is 13.5. The Bertz CT molecular complexity index is 553. The summed E-state index contributed by atoms with van der Waals surface area (Å²) in [6, 6.07) is 5.87. The van der Waals surface area contributed by atoms with Crippen LogP contribution in [0.2, 0.25) is 5.02 Å². The third kappa shape index (κ3) is 2.19. The zero-order chi connectivity index (χ0) is 11.7. The van der Waals surface area contributed by atoms with E-state index in [2.05, 4.69) is 15.9 Å². The third-order valence-corrected chi connectivity index (χ3v) is 3.83. The van der Waals surface area contributed by atoms with Crippen molar-refractivity contribution in [2.24, 2.45) is 0 Å². The molecule has 16 heavy (non-hydrogen) atoms. The average Bonchev–Trinajstić information content (AvgIpc) is 2.67. The SMILES string of the molecule is O=C(c1cc(Br)ccc1F)c1sccc1Cl. The fraction of sp³-hybridized carbons (Fsp3) is 0. The molecule has 0 radical (unpaired) electrons. The van der Waals surface area contributed by atoms with E-state index in [9.17, 15) is 9.18 Å². The molecular formula is C11H5BrClFOS. The number of carbonyl (C=O) groups excluding carboxylic acids is 1. The van der Waals surface area contributed by atoms with Gasteiger partial charge in [0.2, 0.25) is 5.78 Å². The molecule has 0 saturated carbocycles. The van der Waals surface area contributed by atoms with Crippen molar-refractivity contribution in [3.63, 3.8) is 0 Å². The van der Waals surface area contributed by atoms with Gasteiger partial charge in [0.05, 0.1) is 15.5 Å². The van der Waals surface area contributed by atoms with Crippen LogP contribution in [0.25, 0.3) is 0 Å². The third-order valence-electron chi connectivity index (χ3n) is 2.00. The van der Waals surface area contributed by atoms with Crippen LogP contribution in [0.1, 0.15) is 15.2 Å². The first-order valence-electron chi connectivity index (χ1n) is 4.32. The number of rotatable bonds is 2. The lowest BCUT2D eigenvalue weighted by atomic mass is 10.1. The van der Waals surface area contributed by atoms with E-state index < -0.39 is 5.82 Å². The van der Waals surface area contributed by atoms with E-state index in [1.165, 1.54) is 23.5 Å². The predicted molar refractivity (Wildman–Crippen MR) is 66.9 cm³/mol. The van der Waals surface area contributed by atoms with Crippen LogP contribution < -0.4 is 0 Å². The highest BCUT2D eigenvalue weighted by Crippen LogP contribution is 2.27. The molecule has 1 heterocycles. The van der Waals surface area contributed by atoms with Crippen molar-refractivity contribution < 1.29 is 9.18 Å². The van der Waals surface area contributed by atoms with E-state index in [0.717, 1.165) is 0 Å². The molecule has 0 amide bonds. The topological polar surface area (TPSA) is 17.1 Å². The fourth-order valence-corrected chi connectivity index (χ4v) is 2.71. The molecule has 0 atom stereocenters. The molecule has 0 unspecified atom stereocenters. The summed E-state index contributed by atoms with van der Waals surface area (Å²) in [6.07, 6.45) is 0. The largest absolute Gasteiger partial charge is 0.288 e. The standard InChI is InChI=1S/C11H5BrClFOS/c12-6-1-2-9(14)7(5-6)10(15)11-8(13)3-4-16-11/h1-5H. The molecule has 0 saturated heterocycles. The minimum Gasteiger partial charge on any atom is -0.288 e. The van der Waals surface area contributed by atoms with E-state index in [1.54, 1.807) is 17.5 Å². The van der Waals surface area contributed by atoms with Crippen molar-refractivity contribution in [2.75, 3.05) is 0 Å². The normalized spacial score (nSPS) is 10.4. The van der Waals surface area contributed by atoms with Gasteiger partial charge >= 0.3 is 0 Å². The summed E-state index contributed by atoms with van der Waals surface area (Å²) >= 11 is 10.2. The number of benzene rings is 1. The molecule has 0 aliphatic rings. The molecule has 1 aromatic heterocycles. The Morgan fingerprint density at radius 3 is 2.75 bits per heavy atom. The Kier molecular flexibility index (Phi) is 3.42. The quantitative estimate of drug-likeness (QED) is 0.743. The Morgan fingerprint density at radius 1 is 1.38 bits per heavy atom. The molecule has 0 aliphatic heterocycles. The second-order valence-corrected chi connectivity index (χ2v) is 5.29. The maximum Gasteiger partial charge on any atom is 0.207 e. The highest BCUT2D eigenvalue weighted by Gasteiger charge is 2.18. The van der Waals surface area contributed by atoms with Gasteiger partial charge in [-0.25, -0.2) is 4.39 Å². The van der Waals surface area contributed by atoms with Gasteiger partial charge in [0.1, 0.15) is 5.82 Å². The van der Waals surface area contributed by atoms with Crippen molar-refractivity contribution in [2.45, 2.75) is 0 Å². The second-order valence-electron chi connectivity index (χ2n) is 3.05. The van der Waals surface area contributed by atoms with Crippen molar-refractivity contribution in [1.29, 1.82) is 0 Å². The van der Waals surface area contributed by atoms with Crippen molar-refractivity contribution >= 4 is 44.7 Å². The van der Waals surface area contributed by atoms with Crippen LogP contribution in [0.15, 0.2) is 34.1 Å². The van der Waals surface area contributed by atoms with Gasteiger partial charge in [-0.2, -0.15) is 0 Å². The lowest BCUT2D eigenvalue weighted by molar-refractivity contribution is 0.103. The Morgan fingerprint density at radius 2 is 2.12 bits per heavy atom. The minimum absolute atomic E-state index is 0.0266. The maximum atomic E-state index is 13.5. The number of ketones is 1. The van der Waals surface area contributed by atoms with Gasteiger partial charge in [-0.05, 0) is 29.6 Å². The van der Waals surface area contributed by atoms with Crippen LogP contribution in [0.4, 0.5) is 4.39 Å². The highest BCUT2D eigenvalue weighted by molar-refractivity contribution is 9.10. The molecule has 0 fully saturated rings. The molecule has 1 nitrogen and oxygen atoms in total. The first kappa shape index (κ1) is 11.8. The number of thiophene rings is 1. The van der Waals surface area contributed by atoms with E-state index in [4.69, 9.17) is 11.6 Å². The highest BCUT2D eigenvalue weighted by atomic mass is 79.9. The monoisotopic (exact) mass is 318 g/mol. The smallest absolute Gasteiger partial charge is 0.207 e. The summed E-state index contributed by atoms with van der Waals surface area (Å²) in [5.74, 6) is -0.934. The molecule has 2 aromatic rings. The number of carbonyl (C=O) groups is 1. The zero-order valence-corrected chi connectivity index (χ0v) is 11.0. The van der Waals surface area contributed by atoms with Crippen molar-refractivity contribution in [3.8, 4) is 0 Å². The number of halogens is 3. The molecule has 5 heteroatoms. The first-order valence-corrected chi connectivity index (χ1v) is 6.37. The van der Waals surface area contributed by atoms with Gasteiger partial charge < -0.3 is 0 Å². The second kappa shape index (κ2) is 4.65. The van der Waals surface area contributed by atoms with Gasteiger partial charge in [0.15, 0.2) is 0 Å². The summed E-state index contributed by atoms with van der Waals surface area (Å²) in [5.41, 5.74) is 0.0266. The molecule has 2 rings (SSSR count). The molecule has 1 aromatic carbocycles. The van der Waals surface area contributed by atoms with Crippen molar-refractivity contribution in [1.82, 2.24) is 0 Å². The van der Waals surface area contributed by atoms with Crippen molar-refractivity contribution in [3.05, 3.63) is 55.4 Å². The van der Waals surface area contributed by atoms with Gasteiger partial charge in [-0.3, -0.25) is 4.79 Å². The lowest BCUT2D eigenvalue weighted by Gasteiger charge is -2.01. The number of hydrogen-bond acceptors (Lipinski definition) is 2. The van der Waals surface area contributed by atoms with E-state index >= 15 is 0 Å². The summed E-state index contributed by atoms with van der Waals surface area (Å²) in [6.45, 7) is 0.